The molecule has 1 aromatic heterocycles. The van der Waals surface area contributed by atoms with Crippen molar-refractivity contribution in [3.05, 3.63) is 24.3 Å². The molecule has 0 aliphatic rings. The van der Waals surface area contributed by atoms with Gasteiger partial charge in [0.05, 0.1) is 15.7 Å². The van der Waals surface area contributed by atoms with Crippen LogP contribution in [0.1, 0.15) is 0 Å². The van der Waals surface area contributed by atoms with Crippen molar-refractivity contribution < 1.29 is 55.2 Å². The summed E-state index contributed by atoms with van der Waals surface area (Å²) < 4.78 is 60.8. The topological polar surface area (TPSA) is 146 Å². The molecule has 2 rings (SSSR count). The molecular formula is C9H8N3NaO6S4. The van der Waals surface area contributed by atoms with E-state index in [0.29, 0.717) is 15.2 Å². The Hall–Kier alpha value is -0.540. The molecule has 0 saturated carbocycles. The first-order valence-corrected chi connectivity index (χ1v) is 9.64. The molecule has 0 saturated heterocycles. The van der Waals surface area contributed by atoms with Crippen molar-refractivity contribution in [1.82, 2.24) is 10.2 Å². The number of hydrogen-bond acceptors (Lipinski definition) is 10. The Morgan fingerprint density at radius 2 is 1.91 bits per heavy atom. The minimum absolute atomic E-state index is 0. The molecule has 0 amide bonds. The molecule has 1 unspecified atom stereocenters. The predicted octanol–water partition coefficient (Wildman–Crippen LogP) is -2.74. The summed E-state index contributed by atoms with van der Waals surface area (Å²) in [5.41, 5.74) is 0.390. The van der Waals surface area contributed by atoms with E-state index >= 15 is 0 Å². The fourth-order valence-electron chi connectivity index (χ4n) is 1.23. The quantitative estimate of drug-likeness (QED) is 0.422. The average molecular weight is 405 g/mol. The average Bonchev–Trinajstić information content (AvgIpc) is 2.88. The van der Waals surface area contributed by atoms with Crippen LogP contribution in [0.2, 0.25) is 0 Å². The van der Waals surface area contributed by atoms with Gasteiger partial charge in [-0.15, -0.1) is 10.2 Å². The van der Waals surface area contributed by atoms with Crippen molar-refractivity contribution in [2.24, 2.45) is 0 Å². The van der Waals surface area contributed by atoms with E-state index in [1.165, 1.54) is 24.5 Å². The predicted molar refractivity (Wildman–Crippen MR) is 78.8 cm³/mol. The molecule has 0 fully saturated rings. The van der Waals surface area contributed by atoms with Gasteiger partial charge in [-0.3, -0.25) is 4.21 Å². The van der Waals surface area contributed by atoms with Gasteiger partial charge in [0.2, 0.25) is 9.47 Å². The molecule has 120 valence electrons. The van der Waals surface area contributed by atoms with Gasteiger partial charge in [-0.2, -0.15) is 8.42 Å². The van der Waals surface area contributed by atoms with Gasteiger partial charge < -0.3 is 9.87 Å². The summed E-state index contributed by atoms with van der Waals surface area (Å²) in [6.45, 7) is 0. The number of anilines is 2. The van der Waals surface area contributed by atoms with Gasteiger partial charge in [-0.1, -0.05) is 17.4 Å². The smallest absolute Gasteiger partial charge is 0.744 e. The Balaban J connectivity index is 0.00000112. The maximum absolute atomic E-state index is 11.2. The second-order valence-electron chi connectivity index (χ2n) is 3.50. The van der Waals surface area contributed by atoms with Crippen molar-refractivity contribution >= 4 is 54.6 Å². The fourth-order valence-corrected chi connectivity index (χ4v) is 3.11. The Bertz CT molecular complexity index is 818. The van der Waals surface area contributed by atoms with Crippen molar-refractivity contribution in [3.63, 3.8) is 0 Å². The summed E-state index contributed by atoms with van der Waals surface area (Å²) in [5, 5.41) is 10.6. The monoisotopic (exact) mass is 405 g/mol. The Kier molecular flexibility index (Phi) is 10.1. The van der Waals surface area contributed by atoms with E-state index in [1.54, 1.807) is 6.07 Å². The third-order valence-corrected chi connectivity index (χ3v) is 5.02. The summed E-state index contributed by atoms with van der Waals surface area (Å²) in [6, 6.07) is 5.43. The molecule has 1 heterocycles. The van der Waals surface area contributed by atoms with Crippen molar-refractivity contribution in [3.8, 4) is 0 Å². The zero-order valence-electron chi connectivity index (χ0n) is 11.8. The number of aromatic nitrogens is 2. The third-order valence-electron chi connectivity index (χ3n) is 2.03. The van der Waals surface area contributed by atoms with Crippen molar-refractivity contribution in [1.29, 1.82) is 0 Å². The second kappa shape index (κ2) is 10.4. The van der Waals surface area contributed by atoms with Crippen LogP contribution in [0.25, 0.3) is 0 Å². The Morgan fingerprint density at radius 1 is 1.30 bits per heavy atom. The summed E-state index contributed by atoms with van der Waals surface area (Å²) in [6.07, 6.45) is 1.48. The number of nitrogens with zero attached hydrogens (tertiary/aromatic N) is 2. The van der Waals surface area contributed by atoms with Crippen molar-refractivity contribution in [2.45, 2.75) is 9.24 Å². The fraction of sp³-hybridized carbons (Fsp3) is 0.111. The molecule has 0 bridgehead atoms. The van der Waals surface area contributed by atoms with Gasteiger partial charge in [0, 0.05) is 11.9 Å². The maximum Gasteiger partial charge on any atom is 1.00 e. The van der Waals surface area contributed by atoms with E-state index in [2.05, 4.69) is 15.5 Å². The van der Waals surface area contributed by atoms with Crippen LogP contribution in [-0.2, 0) is 32.5 Å². The molecule has 0 aliphatic heterocycles. The summed E-state index contributed by atoms with van der Waals surface area (Å²) in [4.78, 5) is -0.332. The largest absolute Gasteiger partial charge is 1.00 e. The van der Waals surface area contributed by atoms with Crippen LogP contribution < -0.4 is 34.9 Å². The molecule has 14 heteroatoms. The van der Waals surface area contributed by atoms with Gasteiger partial charge in [-0.25, -0.2) is 8.42 Å². The van der Waals surface area contributed by atoms with Gasteiger partial charge >= 0.3 is 41.1 Å². The SMILES string of the molecule is CS(=O)c1nnc(Nc2cccc(S(=O)(=O)[O-])c2)s1.O=S=O.[Na+]. The Morgan fingerprint density at radius 3 is 2.39 bits per heavy atom. The van der Waals surface area contributed by atoms with Gasteiger partial charge in [0.15, 0.2) is 0 Å². The number of rotatable bonds is 4. The van der Waals surface area contributed by atoms with Crippen LogP contribution in [-0.4, -0.2) is 42.1 Å². The van der Waals surface area contributed by atoms with E-state index in [1.807, 2.05) is 0 Å². The van der Waals surface area contributed by atoms with Crippen LogP contribution in [0.15, 0.2) is 33.5 Å². The second-order valence-corrected chi connectivity index (χ2v) is 7.55. The van der Waals surface area contributed by atoms with Crippen LogP contribution in [0.3, 0.4) is 0 Å². The van der Waals surface area contributed by atoms with E-state index < -0.39 is 32.5 Å². The first-order chi connectivity index (χ1) is 10.3. The van der Waals surface area contributed by atoms with E-state index in [9.17, 15) is 17.2 Å². The first kappa shape index (κ1) is 22.5. The maximum atomic E-state index is 11.2. The van der Waals surface area contributed by atoms with E-state index in [-0.39, 0.29) is 34.5 Å². The molecule has 0 radical (unpaired) electrons. The summed E-state index contributed by atoms with van der Waals surface area (Å²) in [7, 11) is -5.72. The minimum atomic E-state index is -4.50. The zero-order valence-corrected chi connectivity index (χ0v) is 17.1. The molecule has 23 heavy (non-hydrogen) atoms. The van der Waals surface area contributed by atoms with E-state index in [4.69, 9.17) is 8.42 Å². The molecule has 9 nitrogen and oxygen atoms in total. The van der Waals surface area contributed by atoms with Crippen LogP contribution in [0, 0.1) is 0 Å². The van der Waals surface area contributed by atoms with Crippen LogP contribution in [0.5, 0.6) is 0 Å². The molecule has 1 N–H and O–H groups in total. The molecule has 2 aromatic rings. The van der Waals surface area contributed by atoms with Gasteiger partial charge in [0.25, 0.3) is 0 Å². The molecule has 1 aromatic carbocycles. The van der Waals surface area contributed by atoms with Gasteiger partial charge in [-0.05, 0) is 18.2 Å². The van der Waals surface area contributed by atoms with Crippen molar-refractivity contribution in [2.75, 3.05) is 11.6 Å². The number of nitrogens with one attached hydrogen (secondary N) is 1. The number of benzene rings is 1. The van der Waals surface area contributed by atoms with Gasteiger partial charge in [0.1, 0.15) is 10.1 Å². The van der Waals surface area contributed by atoms with Crippen LogP contribution in [0.4, 0.5) is 10.8 Å². The molecular weight excluding hydrogens is 397 g/mol. The normalized spacial score (nSPS) is 11.4. The number of hydrogen-bond donors (Lipinski definition) is 1. The summed E-state index contributed by atoms with van der Waals surface area (Å²) in [5.74, 6) is 0. The van der Waals surface area contributed by atoms with E-state index in [0.717, 1.165) is 11.3 Å². The zero-order chi connectivity index (χ0) is 16.8. The summed E-state index contributed by atoms with van der Waals surface area (Å²) >= 11 is 0.338. The molecule has 1 atom stereocenters. The minimum Gasteiger partial charge on any atom is -0.744 e. The molecule has 0 aliphatic carbocycles. The molecule has 0 spiro atoms. The third kappa shape index (κ3) is 7.71. The van der Waals surface area contributed by atoms with Crippen LogP contribution >= 0.6 is 11.3 Å². The first-order valence-electron chi connectivity index (χ1n) is 5.19. The standard InChI is InChI=1S/C9H9N3O4S3.Na.O2S/c1-18(13)9-12-11-8(17-9)10-6-3-2-4-7(5-6)19(14,15)16;;1-3-2/h2-5H,1H3,(H,10,11)(H,14,15,16);;/q;+1;/p-1. The Labute approximate surface area is 164 Å².